The maximum Gasteiger partial charge on any atom is 0.359 e. The van der Waals surface area contributed by atoms with Gasteiger partial charge in [-0.15, -0.1) is 12.4 Å². The van der Waals surface area contributed by atoms with Crippen LogP contribution in [0.3, 0.4) is 0 Å². The molecule has 1 aromatic carbocycles. The van der Waals surface area contributed by atoms with Crippen molar-refractivity contribution in [3.05, 3.63) is 33.1 Å². The molecule has 12 heavy (non-hydrogen) atoms. The molecular formula is C7H5Cl4N. The SMILES string of the molecule is C#[N+]c1cccc(Cl)c1Cl.Cl.[Cl-]. The van der Waals surface area contributed by atoms with Crippen molar-refractivity contribution in [3.8, 4) is 6.57 Å². The molecule has 0 heterocycles. The molecule has 0 N–H and O–H groups in total. The van der Waals surface area contributed by atoms with Crippen LogP contribution in [0.25, 0.3) is 4.85 Å². The van der Waals surface area contributed by atoms with Crippen LogP contribution in [0.4, 0.5) is 5.69 Å². The molecule has 0 aliphatic rings. The van der Waals surface area contributed by atoms with Crippen LogP contribution in [0.1, 0.15) is 0 Å². The van der Waals surface area contributed by atoms with E-state index >= 15 is 0 Å². The first-order valence-corrected chi connectivity index (χ1v) is 3.36. The fourth-order valence-corrected chi connectivity index (χ4v) is 0.936. The Labute approximate surface area is 93.3 Å². The van der Waals surface area contributed by atoms with Gasteiger partial charge in [-0.3, -0.25) is 0 Å². The molecule has 0 radical (unpaired) electrons. The molecule has 0 aliphatic heterocycles. The van der Waals surface area contributed by atoms with Gasteiger partial charge in [-0.05, 0) is 10.9 Å². The molecule has 0 fully saturated rings. The summed E-state index contributed by atoms with van der Waals surface area (Å²) < 4.78 is 0. The Balaban J connectivity index is 0. The molecule has 0 spiro atoms. The van der Waals surface area contributed by atoms with Crippen molar-refractivity contribution in [2.75, 3.05) is 0 Å². The lowest BCUT2D eigenvalue weighted by Gasteiger charge is -1.87. The zero-order valence-corrected chi connectivity index (χ0v) is 8.88. The summed E-state index contributed by atoms with van der Waals surface area (Å²) in [6.45, 7) is 5.00. The average Bonchev–Trinajstić information content (AvgIpc) is 1.95. The molecule has 1 aromatic rings. The van der Waals surface area contributed by atoms with E-state index in [1.54, 1.807) is 18.2 Å². The van der Waals surface area contributed by atoms with E-state index in [0.717, 1.165) is 0 Å². The van der Waals surface area contributed by atoms with Crippen molar-refractivity contribution in [2.24, 2.45) is 0 Å². The molecule has 0 saturated carbocycles. The summed E-state index contributed by atoms with van der Waals surface area (Å²) in [4.78, 5) is 3.41. The number of hydrogen-bond acceptors (Lipinski definition) is 0. The van der Waals surface area contributed by atoms with E-state index in [9.17, 15) is 0 Å². The predicted octanol–water partition coefficient (Wildman–Crippen LogP) is 1.01. The van der Waals surface area contributed by atoms with Crippen LogP contribution >= 0.6 is 35.6 Å². The van der Waals surface area contributed by atoms with Gasteiger partial charge >= 0.3 is 5.69 Å². The number of hydrogen-bond donors (Lipinski definition) is 0. The minimum Gasteiger partial charge on any atom is -1.00 e. The molecular weight excluding hydrogens is 240 g/mol. The summed E-state index contributed by atoms with van der Waals surface area (Å²) in [6, 6.07) is 5.10. The maximum atomic E-state index is 5.69. The average molecular weight is 245 g/mol. The van der Waals surface area contributed by atoms with E-state index in [-0.39, 0.29) is 24.8 Å². The van der Waals surface area contributed by atoms with Crippen LogP contribution < -0.4 is 12.4 Å². The molecule has 66 valence electrons. The summed E-state index contributed by atoms with van der Waals surface area (Å²) in [5.41, 5.74) is 0.508. The Bertz CT molecular complexity index is 292. The molecule has 0 amide bonds. The Morgan fingerprint density at radius 3 is 2.25 bits per heavy atom. The second kappa shape index (κ2) is 6.39. The predicted molar refractivity (Wildman–Crippen MR) is 51.7 cm³/mol. The first kappa shape index (κ1) is 14.4. The van der Waals surface area contributed by atoms with Gasteiger partial charge in [-0.2, -0.15) is 0 Å². The fourth-order valence-electron chi connectivity index (χ4n) is 0.592. The van der Waals surface area contributed by atoms with Gasteiger partial charge in [-0.1, -0.05) is 29.3 Å². The van der Waals surface area contributed by atoms with Gasteiger partial charge in [0.15, 0.2) is 5.02 Å². The highest BCUT2D eigenvalue weighted by Gasteiger charge is 2.09. The molecule has 1 nitrogen and oxygen atoms in total. The Morgan fingerprint density at radius 1 is 1.25 bits per heavy atom. The van der Waals surface area contributed by atoms with Crippen LogP contribution in [0.15, 0.2) is 18.2 Å². The fraction of sp³-hybridized carbons (Fsp3) is 0. The third-order valence-corrected chi connectivity index (χ3v) is 1.88. The third kappa shape index (κ3) is 3.08. The van der Waals surface area contributed by atoms with E-state index in [1.807, 2.05) is 0 Å². The van der Waals surface area contributed by atoms with Gasteiger partial charge in [-0.25, -0.2) is 0 Å². The number of halogens is 4. The first-order chi connectivity index (χ1) is 4.75. The summed E-state index contributed by atoms with van der Waals surface area (Å²) >= 11 is 11.3. The lowest BCUT2D eigenvalue weighted by molar-refractivity contribution is -0.00000198. The summed E-state index contributed by atoms with van der Waals surface area (Å²) in [5.74, 6) is 0. The second-order valence-electron chi connectivity index (χ2n) is 1.70. The van der Waals surface area contributed by atoms with Crippen molar-refractivity contribution in [3.63, 3.8) is 0 Å². The second-order valence-corrected chi connectivity index (χ2v) is 2.49. The zero-order chi connectivity index (χ0) is 7.56. The minimum atomic E-state index is 0. The normalized spacial score (nSPS) is 7.42. The number of benzene rings is 1. The Hall–Kier alpha value is -0.130. The minimum absolute atomic E-state index is 0. The summed E-state index contributed by atoms with van der Waals surface area (Å²) in [5, 5.41) is 0.861. The van der Waals surface area contributed by atoms with Gasteiger partial charge < -0.3 is 12.4 Å². The molecule has 5 heteroatoms. The van der Waals surface area contributed by atoms with Gasteiger partial charge in [0, 0.05) is 6.07 Å². The summed E-state index contributed by atoms with van der Waals surface area (Å²) in [6.07, 6.45) is 0. The van der Waals surface area contributed by atoms with Gasteiger partial charge in [0.25, 0.3) is 6.57 Å². The molecule has 0 atom stereocenters. The van der Waals surface area contributed by atoms with Crippen molar-refractivity contribution in [1.82, 2.24) is 0 Å². The summed E-state index contributed by atoms with van der Waals surface area (Å²) in [7, 11) is 0. The molecule has 0 aromatic heterocycles. The van der Waals surface area contributed by atoms with Gasteiger partial charge in [0.05, 0.1) is 5.02 Å². The smallest absolute Gasteiger partial charge is 0.359 e. The maximum absolute atomic E-state index is 5.69. The first-order valence-electron chi connectivity index (χ1n) is 2.60. The van der Waals surface area contributed by atoms with E-state index < -0.39 is 0 Å². The highest BCUT2D eigenvalue weighted by atomic mass is 35.5. The van der Waals surface area contributed by atoms with Crippen molar-refractivity contribution in [1.29, 1.82) is 0 Å². The van der Waals surface area contributed by atoms with E-state index in [4.69, 9.17) is 29.8 Å². The highest BCUT2D eigenvalue weighted by molar-refractivity contribution is 6.43. The molecule has 0 aliphatic carbocycles. The van der Waals surface area contributed by atoms with Crippen molar-refractivity contribution < 1.29 is 12.4 Å². The standard InChI is InChI=1S/C7H4Cl2N.2ClH/c1-10-6-4-2-3-5(8)7(6)9;;/h1-4H;2*1H/q+1;;/p-1. The lowest BCUT2D eigenvalue weighted by Crippen LogP contribution is -3.00. The third-order valence-electron chi connectivity index (χ3n) is 1.07. The van der Waals surface area contributed by atoms with E-state index in [2.05, 4.69) is 4.85 Å². The van der Waals surface area contributed by atoms with Crippen LogP contribution in [-0.4, -0.2) is 0 Å². The van der Waals surface area contributed by atoms with E-state index in [1.165, 1.54) is 0 Å². The zero-order valence-electron chi connectivity index (χ0n) is 5.80. The topological polar surface area (TPSA) is 4.36 Å². The molecule has 0 bridgehead atoms. The van der Waals surface area contributed by atoms with Crippen molar-refractivity contribution >= 4 is 41.3 Å². The number of nitrogens with zero attached hydrogens (tertiary/aromatic N) is 1. The van der Waals surface area contributed by atoms with Crippen LogP contribution in [0, 0.1) is 6.57 Å². The molecule has 0 unspecified atom stereocenters. The van der Waals surface area contributed by atoms with Crippen LogP contribution in [-0.2, 0) is 0 Å². The lowest BCUT2D eigenvalue weighted by atomic mass is 10.3. The van der Waals surface area contributed by atoms with Crippen LogP contribution in [0.2, 0.25) is 10.0 Å². The molecule has 0 saturated heterocycles. The largest absolute Gasteiger partial charge is 1.00 e. The van der Waals surface area contributed by atoms with E-state index in [0.29, 0.717) is 15.7 Å². The number of rotatable bonds is 0. The Morgan fingerprint density at radius 2 is 1.83 bits per heavy atom. The molecule has 1 rings (SSSR count). The van der Waals surface area contributed by atoms with Crippen molar-refractivity contribution in [2.45, 2.75) is 0 Å². The monoisotopic (exact) mass is 243 g/mol. The van der Waals surface area contributed by atoms with Gasteiger partial charge in [0.1, 0.15) is 0 Å². The van der Waals surface area contributed by atoms with Crippen LogP contribution in [0.5, 0.6) is 0 Å². The van der Waals surface area contributed by atoms with Gasteiger partial charge in [0.2, 0.25) is 0 Å². The Kier molecular flexibility index (Phi) is 7.67. The quantitative estimate of drug-likeness (QED) is 0.642. The highest BCUT2D eigenvalue weighted by Crippen LogP contribution is 2.31.